The average molecular weight is 802 g/mol. The third kappa shape index (κ3) is 6.08. The Bertz CT molecular complexity index is 3450. The van der Waals surface area contributed by atoms with Gasteiger partial charge < -0.3 is 0 Å². The summed E-state index contributed by atoms with van der Waals surface area (Å²) in [6, 6.07) is 81.0. The number of aromatic nitrogens is 3. The Morgan fingerprint density at radius 2 is 0.889 bits per heavy atom. The summed E-state index contributed by atoms with van der Waals surface area (Å²) in [5.74, 6) is 0.686. The molecule has 2 aromatic heterocycles. The minimum Gasteiger partial charge on any atom is -0.264 e. The zero-order valence-electron chi connectivity index (χ0n) is 34.4. The molecule has 9 aromatic carbocycles. The van der Waals surface area contributed by atoms with E-state index in [4.69, 9.17) is 9.97 Å². The topological polar surface area (TPSA) is 38.7 Å². The largest absolute Gasteiger partial charge is 0.264 e. The molecule has 0 bridgehead atoms. The molecule has 3 heteroatoms. The van der Waals surface area contributed by atoms with Crippen molar-refractivity contribution in [1.82, 2.24) is 15.0 Å². The van der Waals surface area contributed by atoms with Crippen LogP contribution in [0.4, 0.5) is 0 Å². The van der Waals surface area contributed by atoms with Crippen LogP contribution in [-0.4, -0.2) is 15.0 Å². The predicted octanol–water partition coefficient (Wildman–Crippen LogP) is 14.9. The highest BCUT2D eigenvalue weighted by Gasteiger charge is 2.46. The Morgan fingerprint density at radius 1 is 0.317 bits per heavy atom. The van der Waals surface area contributed by atoms with Crippen molar-refractivity contribution in [3.8, 4) is 67.3 Å². The van der Waals surface area contributed by atoms with Crippen molar-refractivity contribution < 1.29 is 0 Å². The van der Waals surface area contributed by atoms with E-state index >= 15 is 0 Å². The van der Waals surface area contributed by atoms with Gasteiger partial charge in [-0.25, -0.2) is 9.97 Å². The van der Waals surface area contributed by atoms with E-state index in [1.807, 2.05) is 18.3 Å². The van der Waals surface area contributed by atoms with Gasteiger partial charge in [-0.05, 0) is 114 Å². The van der Waals surface area contributed by atoms with Crippen LogP contribution in [0.1, 0.15) is 22.3 Å². The van der Waals surface area contributed by atoms with Gasteiger partial charge in [0.2, 0.25) is 0 Å². The van der Waals surface area contributed by atoms with E-state index in [1.54, 1.807) is 6.20 Å². The molecule has 0 amide bonds. The molecule has 0 aliphatic heterocycles. The summed E-state index contributed by atoms with van der Waals surface area (Å²) in [5.41, 5.74) is 16.4. The molecule has 0 atom stereocenters. The fourth-order valence-corrected chi connectivity index (χ4v) is 9.95. The lowest BCUT2D eigenvalue weighted by Crippen LogP contribution is -2.28. The first-order valence-electron chi connectivity index (χ1n) is 21.5. The maximum Gasteiger partial charge on any atom is 0.161 e. The van der Waals surface area contributed by atoms with Crippen LogP contribution in [0.2, 0.25) is 0 Å². The van der Waals surface area contributed by atoms with Crippen molar-refractivity contribution in [3.63, 3.8) is 0 Å². The summed E-state index contributed by atoms with van der Waals surface area (Å²) in [5, 5.41) is 4.73. The zero-order valence-corrected chi connectivity index (χ0v) is 34.4. The molecule has 1 aliphatic carbocycles. The van der Waals surface area contributed by atoms with Crippen LogP contribution in [0.5, 0.6) is 0 Å². The molecule has 11 aromatic rings. The fraction of sp³-hybridized carbons (Fsp3) is 0.0167. The van der Waals surface area contributed by atoms with Gasteiger partial charge in [0.25, 0.3) is 0 Å². The number of fused-ring (bicyclic) bond motifs is 5. The molecule has 0 N–H and O–H groups in total. The third-order valence-electron chi connectivity index (χ3n) is 12.8. The van der Waals surface area contributed by atoms with Gasteiger partial charge in [0.1, 0.15) is 0 Å². The predicted molar refractivity (Wildman–Crippen MR) is 259 cm³/mol. The Labute approximate surface area is 366 Å². The summed E-state index contributed by atoms with van der Waals surface area (Å²) < 4.78 is 0. The minimum atomic E-state index is -0.488. The molecule has 0 radical (unpaired) electrons. The molecule has 12 rings (SSSR count). The highest BCUT2D eigenvalue weighted by Crippen LogP contribution is 2.57. The third-order valence-corrected chi connectivity index (χ3v) is 12.8. The number of rotatable bonds is 7. The monoisotopic (exact) mass is 801 g/mol. The summed E-state index contributed by atoms with van der Waals surface area (Å²) in [7, 11) is 0. The SMILES string of the molecule is c1ccc(-c2cc(-c3cccc(-c4cccnc4)c3)nc(-c3ccc(-c4ccc5c(c4)-c4cc6ccccc6cc4C5(c4ccccc4)c4ccccc4)c4ccccc34)n2)cc1. The van der Waals surface area contributed by atoms with Crippen LogP contribution in [0.25, 0.3) is 88.8 Å². The summed E-state index contributed by atoms with van der Waals surface area (Å²) >= 11 is 0. The number of hydrogen-bond acceptors (Lipinski definition) is 3. The molecular weight excluding hydrogens is 763 g/mol. The summed E-state index contributed by atoms with van der Waals surface area (Å²) in [4.78, 5) is 15.0. The Morgan fingerprint density at radius 3 is 1.60 bits per heavy atom. The number of nitrogens with zero attached hydrogens (tertiary/aromatic N) is 3. The van der Waals surface area contributed by atoms with E-state index in [1.165, 1.54) is 55.3 Å². The fourth-order valence-electron chi connectivity index (χ4n) is 9.95. The number of pyridine rings is 1. The van der Waals surface area contributed by atoms with Gasteiger partial charge in [0.15, 0.2) is 5.82 Å². The first-order valence-corrected chi connectivity index (χ1v) is 21.5. The number of hydrogen-bond donors (Lipinski definition) is 0. The van der Waals surface area contributed by atoms with Crippen molar-refractivity contribution in [2.24, 2.45) is 0 Å². The second-order valence-electron chi connectivity index (χ2n) is 16.3. The van der Waals surface area contributed by atoms with Crippen molar-refractivity contribution in [2.75, 3.05) is 0 Å². The van der Waals surface area contributed by atoms with Crippen LogP contribution in [0, 0.1) is 0 Å². The van der Waals surface area contributed by atoms with E-state index in [2.05, 4.69) is 217 Å². The van der Waals surface area contributed by atoms with E-state index in [-0.39, 0.29) is 0 Å². The van der Waals surface area contributed by atoms with Crippen LogP contribution < -0.4 is 0 Å². The zero-order chi connectivity index (χ0) is 41.7. The van der Waals surface area contributed by atoms with Gasteiger partial charge in [-0.1, -0.05) is 182 Å². The van der Waals surface area contributed by atoms with Crippen LogP contribution in [0.3, 0.4) is 0 Å². The quantitative estimate of drug-likeness (QED) is 0.161. The summed E-state index contributed by atoms with van der Waals surface area (Å²) in [6.07, 6.45) is 3.71. The minimum absolute atomic E-state index is 0.488. The average Bonchev–Trinajstić information content (AvgIpc) is 3.65. The molecule has 294 valence electrons. The van der Waals surface area contributed by atoms with Gasteiger partial charge in [0.05, 0.1) is 16.8 Å². The first-order chi connectivity index (χ1) is 31.2. The Hall–Kier alpha value is -8.27. The molecule has 0 unspecified atom stereocenters. The molecule has 63 heavy (non-hydrogen) atoms. The van der Waals surface area contributed by atoms with E-state index < -0.39 is 5.41 Å². The maximum atomic E-state index is 5.33. The summed E-state index contributed by atoms with van der Waals surface area (Å²) in [6.45, 7) is 0. The van der Waals surface area contributed by atoms with Crippen LogP contribution >= 0.6 is 0 Å². The molecule has 0 spiro atoms. The van der Waals surface area contributed by atoms with E-state index in [0.717, 1.165) is 50.0 Å². The van der Waals surface area contributed by atoms with Gasteiger partial charge in [0, 0.05) is 34.6 Å². The lowest BCUT2D eigenvalue weighted by molar-refractivity contribution is 0.769. The van der Waals surface area contributed by atoms with Crippen molar-refractivity contribution >= 4 is 21.5 Å². The van der Waals surface area contributed by atoms with Crippen molar-refractivity contribution in [1.29, 1.82) is 0 Å². The molecule has 2 heterocycles. The Balaban J connectivity index is 1.05. The van der Waals surface area contributed by atoms with Crippen LogP contribution in [0.15, 0.2) is 237 Å². The Kier molecular flexibility index (Phi) is 8.72. The molecule has 1 aliphatic rings. The second-order valence-corrected chi connectivity index (χ2v) is 16.3. The van der Waals surface area contributed by atoms with E-state index in [9.17, 15) is 0 Å². The van der Waals surface area contributed by atoms with E-state index in [0.29, 0.717) is 5.82 Å². The number of benzene rings is 9. The molecule has 0 saturated heterocycles. The van der Waals surface area contributed by atoms with Gasteiger partial charge in [-0.15, -0.1) is 0 Å². The van der Waals surface area contributed by atoms with Crippen LogP contribution in [-0.2, 0) is 5.41 Å². The first kappa shape index (κ1) is 36.6. The maximum absolute atomic E-state index is 5.33. The second kappa shape index (κ2) is 15.0. The lowest BCUT2D eigenvalue weighted by atomic mass is 9.67. The van der Waals surface area contributed by atoms with Gasteiger partial charge in [-0.3, -0.25) is 4.98 Å². The van der Waals surface area contributed by atoms with Crippen molar-refractivity contribution in [3.05, 3.63) is 259 Å². The highest BCUT2D eigenvalue weighted by molar-refractivity contribution is 6.05. The standard InChI is InChI=1S/C60H39N3/c1-4-16-40(17-5-1)57-38-58(45-21-14-20-41(34-45)46-22-15-33-61-39-46)63-59(62-57)52-31-30-49(50-27-12-13-28-51(50)52)44-29-32-55-53(36-44)54-35-42-18-10-11-19-43(42)37-56(54)60(55,47-23-6-2-7-24-47)48-25-8-3-9-26-48/h1-39H. The molecule has 0 fully saturated rings. The lowest BCUT2D eigenvalue weighted by Gasteiger charge is -2.34. The van der Waals surface area contributed by atoms with Gasteiger partial charge >= 0.3 is 0 Å². The molecule has 3 nitrogen and oxygen atoms in total. The van der Waals surface area contributed by atoms with Gasteiger partial charge in [-0.2, -0.15) is 0 Å². The molecular formula is C60H39N3. The highest BCUT2D eigenvalue weighted by atomic mass is 14.9. The van der Waals surface area contributed by atoms with Crippen molar-refractivity contribution in [2.45, 2.75) is 5.41 Å². The molecule has 0 saturated carbocycles. The normalized spacial score (nSPS) is 12.6. The smallest absolute Gasteiger partial charge is 0.161 e.